The minimum Gasteiger partial charge on any atom is -0.454 e. The van der Waals surface area contributed by atoms with E-state index in [1.165, 1.54) is 6.42 Å². The first kappa shape index (κ1) is 24.5. The number of Topliss-reactive ketones (excluding diaryl/α,β-unsaturated/α-hetero) is 1. The van der Waals surface area contributed by atoms with Gasteiger partial charge in [-0.25, -0.2) is 0 Å². The summed E-state index contributed by atoms with van der Waals surface area (Å²) in [6.45, 7) is 9.58. The highest BCUT2D eigenvalue weighted by Crippen LogP contribution is 2.83. The van der Waals surface area contributed by atoms with E-state index in [1.54, 1.807) is 6.08 Å². The van der Waals surface area contributed by atoms with Crippen LogP contribution in [0.2, 0.25) is 0 Å². The maximum atomic E-state index is 14.6. The van der Waals surface area contributed by atoms with Crippen LogP contribution in [0.5, 0.6) is 0 Å². The van der Waals surface area contributed by atoms with Crippen LogP contribution in [0.25, 0.3) is 0 Å². The molecule has 3 N–H and O–H groups in total. The summed E-state index contributed by atoms with van der Waals surface area (Å²) < 4.78 is 6.36. The van der Waals surface area contributed by atoms with E-state index >= 15 is 0 Å². The summed E-state index contributed by atoms with van der Waals surface area (Å²) >= 11 is 0. The van der Waals surface area contributed by atoms with E-state index in [0.29, 0.717) is 29.2 Å². The molecule has 0 saturated heterocycles. The van der Waals surface area contributed by atoms with Crippen LogP contribution < -0.4 is 0 Å². The number of rotatable bonds is 3. The van der Waals surface area contributed by atoms with E-state index in [1.807, 2.05) is 19.9 Å². The van der Waals surface area contributed by atoms with Crippen molar-refractivity contribution in [1.29, 1.82) is 0 Å². The van der Waals surface area contributed by atoms with Gasteiger partial charge in [-0.1, -0.05) is 39.8 Å². The lowest BCUT2D eigenvalue weighted by Crippen LogP contribution is -2.66. The highest BCUT2D eigenvalue weighted by atomic mass is 16.6. The lowest BCUT2D eigenvalue weighted by molar-refractivity contribution is -0.209. The third-order valence-corrected chi connectivity index (χ3v) is 13.6. The van der Waals surface area contributed by atoms with Gasteiger partial charge in [0, 0.05) is 5.92 Å². The molecule has 5 fully saturated rings. The second kappa shape index (κ2) is 6.98. The Morgan fingerprint density at radius 3 is 2.46 bits per heavy atom. The first-order valence-electron chi connectivity index (χ1n) is 14.5. The zero-order chi connectivity index (χ0) is 26.5. The van der Waals surface area contributed by atoms with Crippen molar-refractivity contribution in [2.45, 2.75) is 91.0 Å². The van der Waals surface area contributed by atoms with Crippen LogP contribution in [-0.4, -0.2) is 51.5 Å². The van der Waals surface area contributed by atoms with Crippen molar-refractivity contribution in [3.05, 3.63) is 23.3 Å². The number of aliphatic hydroxyl groups is 3. The average Bonchev–Trinajstić information content (AvgIpc) is 3.41. The van der Waals surface area contributed by atoms with Crippen molar-refractivity contribution in [2.24, 2.45) is 57.2 Å². The number of fused-ring (bicyclic) bond motifs is 4. The molecule has 11 unspecified atom stereocenters. The van der Waals surface area contributed by atoms with Crippen LogP contribution in [0, 0.1) is 57.2 Å². The third kappa shape index (κ3) is 2.43. The summed E-state index contributed by atoms with van der Waals surface area (Å²) in [6, 6.07) is 0. The van der Waals surface area contributed by atoms with Crippen molar-refractivity contribution in [3.8, 4) is 0 Å². The first-order chi connectivity index (χ1) is 17.3. The Labute approximate surface area is 219 Å². The van der Waals surface area contributed by atoms with Gasteiger partial charge in [0.05, 0.1) is 17.4 Å². The minimum absolute atomic E-state index is 0.143. The molecule has 0 aromatic carbocycles. The molecule has 0 aromatic heterocycles. The zero-order valence-corrected chi connectivity index (χ0v) is 22.8. The van der Waals surface area contributed by atoms with Gasteiger partial charge in [-0.15, -0.1) is 0 Å². The Kier molecular flexibility index (Phi) is 4.63. The second-order valence-electron chi connectivity index (χ2n) is 14.9. The number of allylic oxidation sites excluding steroid dienone is 1. The van der Waals surface area contributed by atoms with E-state index in [2.05, 4.69) is 20.8 Å². The number of ketones is 1. The summed E-state index contributed by atoms with van der Waals surface area (Å²) in [6.07, 6.45) is 6.77. The Balaban J connectivity index is 1.33. The fraction of sp³-hybridized carbons (Fsp3) is 0.806. The van der Waals surface area contributed by atoms with Gasteiger partial charge in [-0.3, -0.25) is 9.59 Å². The fourth-order valence-corrected chi connectivity index (χ4v) is 11.2. The van der Waals surface area contributed by atoms with Gasteiger partial charge in [0.25, 0.3) is 0 Å². The van der Waals surface area contributed by atoms with Crippen molar-refractivity contribution in [3.63, 3.8) is 0 Å². The molecule has 202 valence electrons. The molecule has 7 aliphatic carbocycles. The smallest absolute Gasteiger partial charge is 0.313 e. The predicted molar refractivity (Wildman–Crippen MR) is 136 cm³/mol. The number of carbonyl (C=O) groups excluding carboxylic acids is 2. The molecule has 0 amide bonds. The second-order valence-corrected chi connectivity index (χ2v) is 14.9. The van der Waals surface area contributed by atoms with Crippen molar-refractivity contribution < 1.29 is 29.6 Å². The third-order valence-electron chi connectivity index (χ3n) is 13.6. The summed E-state index contributed by atoms with van der Waals surface area (Å²) in [4.78, 5) is 28.7. The molecule has 6 nitrogen and oxygen atoms in total. The van der Waals surface area contributed by atoms with E-state index in [9.17, 15) is 24.9 Å². The summed E-state index contributed by atoms with van der Waals surface area (Å²) in [5, 5.41) is 34.8. The Morgan fingerprint density at radius 2 is 1.78 bits per heavy atom. The van der Waals surface area contributed by atoms with Crippen molar-refractivity contribution >= 4 is 11.8 Å². The molecule has 7 aliphatic rings. The number of aliphatic hydroxyl groups excluding tert-OH is 2. The van der Waals surface area contributed by atoms with E-state index in [0.717, 1.165) is 31.6 Å². The van der Waals surface area contributed by atoms with E-state index in [4.69, 9.17) is 4.74 Å². The van der Waals surface area contributed by atoms with Crippen molar-refractivity contribution in [1.82, 2.24) is 0 Å². The molecule has 0 radical (unpaired) electrons. The highest BCUT2D eigenvalue weighted by molar-refractivity contribution is 5.95. The molecule has 0 aliphatic heterocycles. The van der Waals surface area contributed by atoms with Crippen LogP contribution in [0.3, 0.4) is 0 Å². The summed E-state index contributed by atoms with van der Waals surface area (Å²) in [5.74, 6) is 0.615. The summed E-state index contributed by atoms with van der Waals surface area (Å²) in [7, 11) is 0. The Hall–Kier alpha value is -1.50. The predicted octanol–water partition coefficient (Wildman–Crippen LogP) is 3.58. The van der Waals surface area contributed by atoms with Crippen LogP contribution in [0.1, 0.15) is 73.1 Å². The maximum Gasteiger partial charge on any atom is 0.313 e. The number of carbonyl (C=O) groups is 2. The maximum absolute atomic E-state index is 14.6. The van der Waals surface area contributed by atoms with Crippen molar-refractivity contribution in [2.75, 3.05) is 6.61 Å². The molecular formula is C31H42O6. The highest BCUT2D eigenvalue weighted by Gasteiger charge is 2.79. The number of esters is 1. The molecule has 0 heterocycles. The minimum atomic E-state index is -2.07. The molecule has 6 heteroatoms. The van der Waals surface area contributed by atoms with Crippen LogP contribution in [0.4, 0.5) is 0 Å². The molecule has 5 bridgehead atoms. The fourth-order valence-electron chi connectivity index (χ4n) is 11.2. The van der Waals surface area contributed by atoms with Crippen LogP contribution >= 0.6 is 0 Å². The standard InChI is InChI=1S/C31H42O6/c1-15-10-30-17(3)6-16(2)27(4,5)22(24(30)34)7-18(13-32)23(33)31(30,36)25(15)37-26(35)29-12-20-8-19-9-21(29)11-28(19,20)14-29/h7,10,16-17,19-23,25,32-33,36H,6,8-9,11-14H2,1-5H3/t16?,17-,19?,20?,21?,22?,23?,25?,28?,29?,30?,31?/m1/s1. The van der Waals surface area contributed by atoms with Gasteiger partial charge in [-0.05, 0) is 97.0 Å². The normalized spacial score (nSPS) is 56.2. The lowest BCUT2D eigenvalue weighted by Gasteiger charge is -2.49. The Bertz CT molecular complexity index is 1170. The van der Waals surface area contributed by atoms with Gasteiger partial charge in [-0.2, -0.15) is 0 Å². The molecule has 7 rings (SSSR count). The molecular weight excluding hydrogens is 468 g/mol. The average molecular weight is 511 g/mol. The van der Waals surface area contributed by atoms with Crippen LogP contribution in [0.15, 0.2) is 23.3 Å². The monoisotopic (exact) mass is 510 g/mol. The molecule has 2 spiro atoms. The van der Waals surface area contributed by atoms with Gasteiger partial charge in [0.15, 0.2) is 17.5 Å². The SMILES string of the molecule is CC1=CC23C(=O)C(C=C(CO)C(O)C2(O)C1OC(=O)C12CC4CC5CC1CC54C2)C(C)(C)C(C)C[C@H]3C. The van der Waals surface area contributed by atoms with Gasteiger partial charge >= 0.3 is 5.97 Å². The topological polar surface area (TPSA) is 104 Å². The molecule has 37 heavy (non-hydrogen) atoms. The van der Waals surface area contributed by atoms with E-state index in [-0.39, 0.29) is 29.2 Å². The first-order valence-corrected chi connectivity index (χ1v) is 14.5. The molecule has 5 saturated carbocycles. The number of ether oxygens (including phenoxy) is 1. The molecule has 12 atom stereocenters. The van der Waals surface area contributed by atoms with Gasteiger partial charge in [0.1, 0.15) is 6.10 Å². The molecule has 0 aromatic rings. The van der Waals surface area contributed by atoms with E-state index < -0.39 is 46.6 Å². The van der Waals surface area contributed by atoms with Gasteiger partial charge in [0.2, 0.25) is 0 Å². The largest absolute Gasteiger partial charge is 0.454 e. The summed E-state index contributed by atoms with van der Waals surface area (Å²) in [5.41, 5.74) is -3.22. The Morgan fingerprint density at radius 1 is 1.08 bits per heavy atom. The number of hydrogen-bond acceptors (Lipinski definition) is 6. The van der Waals surface area contributed by atoms with Crippen LogP contribution in [-0.2, 0) is 14.3 Å². The lowest BCUT2D eigenvalue weighted by atomic mass is 9.56. The number of hydrogen-bond donors (Lipinski definition) is 3. The quantitative estimate of drug-likeness (QED) is 0.396. The van der Waals surface area contributed by atoms with Gasteiger partial charge < -0.3 is 20.1 Å². The zero-order valence-electron chi connectivity index (χ0n) is 22.8.